The molecule has 0 spiro atoms. The first-order chi connectivity index (χ1) is 9.10. The molecule has 104 valence electrons. The number of rotatable bonds is 4. The van der Waals surface area contributed by atoms with Crippen molar-refractivity contribution in [2.24, 2.45) is 0 Å². The number of nitrogens with one attached hydrogen (secondary N) is 1. The molecule has 0 aliphatic carbocycles. The van der Waals surface area contributed by atoms with Gasteiger partial charge in [0.05, 0.1) is 19.2 Å². The lowest BCUT2D eigenvalue weighted by molar-refractivity contribution is -0.137. The van der Waals surface area contributed by atoms with E-state index in [4.69, 9.17) is 9.84 Å². The number of carboxylic acid groups (broad SMARTS) is 1. The Labute approximate surface area is 113 Å². The normalized spacial score (nSPS) is 19.3. The average Bonchev–Trinajstić information content (AvgIpc) is 2.38. The Morgan fingerprint density at radius 2 is 2.37 bits per heavy atom. The van der Waals surface area contributed by atoms with Crippen molar-refractivity contribution in [2.45, 2.75) is 19.4 Å². The molecule has 2 N–H and O–H groups in total. The van der Waals surface area contributed by atoms with E-state index in [1.54, 1.807) is 7.11 Å². The number of carbonyl (C=O) groups is 1. The van der Waals surface area contributed by atoms with Crippen molar-refractivity contribution in [2.75, 3.05) is 31.6 Å². The van der Waals surface area contributed by atoms with E-state index in [1.165, 1.54) is 5.56 Å². The molecule has 2 rings (SSSR count). The lowest BCUT2D eigenvalue weighted by Crippen LogP contribution is -2.51. The first kappa shape index (κ1) is 13.7. The standard InChI is InChI=1S/C14H20N2O3/c1-10-3-4-13(19-2)12(7-10)16-6-5-15-11(9-16)8-14(17)18/h3-4,7,11,15H,5-6,8-9H2,1-2H3,(H,17,18). The average molecular weight is 264 g/mol. The molecule has 0 bridgehead atoms. The van der Waals surface area contributed by atoms with Crippen LogP contribution in [0.5, 0.6) is 5.75 Å². The maximum Gasteiger partial charge on any atom is 0.304 e. The smallest absolute Gasteiger partial charge is 0.304 e. The van der Waals surface area contributed by atoms with Gasteiger partial charge in [-0.15, -0.1) is 0 Å². The Kier molecular flexibility index (Phi) is 4.27. The van der Waals surface area contributed by atoms with E-state index in [9.17, 15) is 4.79 Å². The zero-order valence-electron chi connectivity index (χ0n) is 11.3. The minimum absolute atomic E-state index is 0.0172. The van der Waals surface area contributed by atoms with Gasteiger partial charge < -0.3 is 20.1 Å². The van der Waals surface area contributed by atoms with Gasteiger partial charge in [0.15, 0.2) is 0 Å². The molecule has 1 atom stereocenters. The van der Waals surface area contributed by atoms with Crippen LogP contribution in [0, 0.1) is 6.92 Å². The van der Waals surface area contributed by atoms with E-state index in [2.05, 4.69) is 16.3 Å². The summed E-state index contributed by atoms with van der Waals surface area (Å²) in [5, 5.41) is 12.1. The van der Waals surface area contributed by atoms with Crippen LogP contribution in [0.15, 0.2) is 18.2 Å². The molecule has 19 heavy (non-hydrogen) atoms. The highest BCUT2D eigenvalue weighted by atomic mass is 16.5. The summed E-state index contributed by atoms with van der Waals surface area (Å²) in [6.07, 6.45) is 0.143. The van der Waals surface area contributed by atoms with Gasteiger partial charge in [-0.3, -0.25) is 4.79 Å². The number of benzene rings is 1. The maximum absolute atomic E-state index is 10.8. The van der Waals surface area contributed by atoms with E-state index >= 15 is 0 Å². The van der Waals surface area contributed by atoms with E-state index in [0.717, 1.165) is 24.5 Å². The third kappa shape index (κ3) is 3.38. The molecule has 5 nitrogen and oxygen atoms in total. The monoisotopic (exact) mass is 264 g/mol. The SMILES string of the molecule is COc1ccc(C)cc1N1CCNC(CC(=O)O)C1. The molecule has 0 aromatic heterocycles. The summed E-state index contributed by atoms with van der Waals surface area (Å²) in [4.78, 5) is 13.0. The molecule has 1 heterocycles. The zero-order chi connectivity index (χ0) is 13.8. The highest BCUT2D eigenvalue weighted by Gasteiger charge is 2.23. The molecule has 1 fully saturated rings. The number of hydrogen-bond acceptors (Lipinski definition) is 4. The van der Waals surface area contributed by atoms with Crippen LogP contribution in [0.25, 0.3) is 0 Å². The van der Waals surface area contributed by atoms with Crippen molar-refractivity contribution in [3.63, 3.8) is 0 Å². The second-order valence-corrected chi connectivity index (χ2v) is 4.87. The molecule has 0 saturated carbocycles. The highest BCUT2D eigenvalue weighted by molar-refractivity contribution is 5.68. The summed E-state index contributed by atoms with van der Waals surface area (Å²) in [7, 11) is 1.66. The van der Waals surface area contributed by atoms with Gasteiger partial charge in [-0.05, 0) is 24.6 Å². The molecule has 1 aromatic carbocycles. The quantitative estimate of drug-likeness (QED) is 0.857. The molecule has 1 aliphatic heterocycles. The van der Waals surface area contributed by atoms with Gasteiger partial charge in [0.1, 0.15) is 5.75 Å². The Bertz CT molecular complexity index is 462. The predicted molar refractivity (Wildman–Crippen MR) is 74.0 cm³/mol. The number of methoxy groups -OCH3 is 1. The van der Waals surface area contributed by atoms with Crippen LogP contribution in [0.2, 0.25) is 0 Å². The van der Waals surface area contributed by atoms with Crippen LogP contribution in [0.3, 0.4) is 0 Å². The molecular formula is C14H20N2O3. The van der Waals surface area contributed by atoms with E-state index in [1.807, 2.05) is 19.1 Å². The predicted octanol–water partition coefficient (Wildman–Crippen LogP) is 1.26. The molecule has 1 unspecified atom stereocenters. The van der Waals surface area contributed by atoms with E-state index in [0.29, 0.717) is 6.54 Å². The van der Waals surface area contributed by atoms with Gasteiger partial charge in [-0.1, -0.05) is 6.07 Å². The molecular weight excluding hydrogens is 244 g/mol. The molecule has 0 radical (unpaired) electrons. The number of carboxylic acids is 1. The van der Waals surface area contributed by atoms with Gasteiger partial charge in [0, 0.05) is 25.7 Å². The Morgan fingerprint density at radius 1 is 1.58 bits per heavy atom. The number of aryl methyl sites for hydroxylation is 1. The summed E-state index contributed by atoms with van der Waals surface area (Å²) >= 11 is 0. The number of ether oxygens (including phenoxy) is 1. The number of anilines is 1. The fourth-order valence-electron chi connectivity index (χ4n) is 2.44. The third-order valence-electron chi connectivity index (χ3n) is 3.35. The summed E-state index contributed by atoms with van der Waals surface area (Å²) in [6.45, 7) is 4.37. The number of piperazine rings is 1. The van der Waals surface area contributed by atoms with Crippen LogP contribution in [0.1, 0.15) is 12.0 Å². The van der Waals surface area contributed by atoms with Gasteiger partial charge >= 0.3 is 5.97 Å². The van der Waals surface area contributed by atoms with Crippen molar-refractivity contribution < 1.29 is 14.6 Å². The fourth-order valence-corrected chi connectivity index (χ4v) is 2.44. The van der Waals surface area contributed by atoms with Gasteiger partial charge in [-0.2, -0.15) is 0 Å². The number of nitrogens with zero attached hydrogens (tertiary/aromatic N) is 1. The van der Waals surface area contributed by atoms with E-state index < -0.39 is 5.97 Å². The minimum atomic E-state index is -0.768. The van der Waals surface area contributed by atoms with E-state index in [-0.39, 0.29) is 12.5 Å². The Hall–Kier alpha value is -1.75. The van der Waals surface area contributed by atoms with Gasteiger partial charge in [-0.25, -0.2) is 0 Å². The summed E-state index contributed by atoms with van der Waals surface area (Å²) in [6, 6.07) is 6.04. The van der Waals surface area contributed by atoms with Gasteiger partial charge in [0.25, 0.3) is 0 Å². The number of hydrogen-bond donors (Lipinski definition) is 2. The second kappa shape index (κ2) is 5.93. The molecule has 1 saturated heterocycles. The van der Waals surface area contributed by atoms with Crippen molar-refractivity contribution in [1.82, 2.24) is 5.32 Å². The molecule has 1 aromatic rings. The first-order valence-corrected chi connectivity index (χ1v) is 6.45. The van der Waals surface area contributed by atoms with Crippen molar-refractivity contribution in [1.29, 1.82) is 0 Å². The Morgan fingerprint density at radius 3 is 3.05 bits per heavy atom. The lowest BCUT2D eigenvalue weighted by atomic mass is 10.1. The topological polar surface area (TPSA) is 61.8 Å². The third-order valence-corrected chi connectivity index (χ3v) is 3.35. The van der Waals surface area contributed by atoms with Crippen LogP contribution < -0.4 is 15.0 Å². The fraction of sp³-hybridized carbons (Fsp3) is 0.500. The van der Waals surface area contributed by atoms with Crippen molar-refractivity contribution >= 4 is 11.7 Å². The molecule has 5 heteroatoms. The minimum Gasteiger partial charge on any atom is -0.495 e. The summed E-state index contributed by atoms with van der Waals surface area (Å²) in [5.74, 6) is 0.0668. The highest BCUT2D eigenvalue weighted by Crippen LogP contribution is 2.30. The van der Waals surface area contributed by atoms with Crippen LogP contribution in [0.4, 0.5) is 5.69 Å². The van der Waals surface area contributed by atoms with Gasteiger partial charge in [0.2, 0.25) is 0 Å². The summed E-state index contributed by atoms with van der Waals surface area (Å²) < 4.78 is 5.39. The molecule has 1 aliphatic rings. The molecule has 0 amide bonds. The van der Waals surface area contributed by atoms with Crippen LogP contribution in [-0.4, -0.2) is 43.9 Å². The van der Waals surface area contributed by atoms with Crippen LogP contribution >= 0.6 is 0 Å². The number of aliphatic carboxylic acids is 1. The summed E-state index contributed by atoms with van der Waals surface area (Å²) in [5.41, 5.74) is 2.21. The van der Waals surface area contributed by atoms with Crippen LogP contribution in [-0.2, 0) is 4.79 Å². The maximum atomic E-state index is 10.8. The largest absolute Gasteiger partial charge is 0.495 e. The van der Waals surface area contributed by atoms with Crippen molar-refractivity contribution in [3.8, 4) is 5.75 Å². The lowest BCUT2D eigenvalue weighted by Gasteiger charge is -2.35. The second-order valence-electron chi connectivity index (χ2n) is 4.87. The zero-order valence-corrected chi connectivity index (χ0v) is 11.3. The first-order valence-electron chi connectivity index (χ1n) is 6.45. The van der Waals surface area contributed by atoms with Crippen molar-refractivity contribution in [3.05, 3.63) is 23.8 Å². The Balaban J connectivity index is 2.16.